The minimum Gasteiger partial charge on any atom is -0.339 e. The third-order valence-corrected chi connectivity index (χ3v) is 3.55. The summed E-state index contributed by atoms with van der Waals surface area (Å²) in [5, 5.41) is 0. The lowest BCUT2D eigenvalue weighted by atomic mass is 10.2. The molecule has 0 bridgehead atoms. The summed E-state index contributed by atoms with van der Waals surface area (Å²) in [6.45, 7) is 1.48. The van der Waals surface area contributed by atoms with Gasteiger partial charge in [0, 0.05) is 17.6 Å². The van der Waals surface area contributed by atoms with Gasteiger partial charge in [-0.3, -0.25) is 4.79 Å². The molecule has 0 aliphatic carbocycles. The fraction of sp³-hybridized carbons (Fsp3) is 0.462. The molecule has 0 aromatic heterocycles. The largest absolute Gasteiger partial charge is 0.339 e. The molecule has 17 heavy (non-hydrogen) atoms. The molecule has 1 aliphatic rings. The van der Waals surface area contributed by atoms with Crippen LogP contribution in [0.3, 0.4) is 0 Å². The molecule has 2 nitrogen and oxygen atoms in total. The Bertz CT molecular complexity index is 414. The number of hydrogen-bond acceptors (Lipinski definition) is 1. The van der Waals surface area contributed by atoms with Crippen molar-refractivity contribution in [1.82, 2.24) is 4.90 Å². The Kier molecular flexibility index (Phi) is 4.15. The van der Waals surface area contributed by atoms with Crippen LogP contribution in [-0.4, -0.2) is 23.9 Å². The van der Waals surface area contributed by atoms with Gasteiger partial charge in [0.2, 0.25) is 0 Å². The molecular weight excluding hydrogens is 285 g/mol. The predicted octanol–water partition coefficient (Wildman–Crippen LogP) is 3.60. The topological polar surface area (TPSA) is 20.3 Å². The number of carbonyl (C=O) groups excluding carboxylic acids is 1. The second-order valence-corrected chi connectivity index (χ2v) is 5.25. The van der Waals surface area contributed by atoms with Gasteiger partial charge in [0.25, 0.3) is 5.91 Å². The van der Waals surface area contributed by atoms with Crippen LogP contribution >= 0.6 is 15.9 Å². The minimum absolute atomic E-state index is 0.168. The van der Waals surface area contributed by atoms with Crippen LogP contribution in [0, 0.1) is 5.82 Å². The van der Waals surface area contributed by atoms with Crippen molar-refractivity contribution in [3.8, 4) is 0 Å². The number of benzene rings is 1. The van der Waals surface area contributed by atoms with Crippen molar-refractivity contribution < 1.29 is 9.18 Å². The molecule has 0 saturated carbocycles. The van der Waals surface area contributed by atoms with Gasteiger partial charge in [-0.25, -0.2) is 4.39 Å². The molecule has 92 valence electrons. The predicted molar refractivity (Wildman–Crippen MR) is 68.5 cm³/mol. The van der Waals surface area contributed by atoms with Crippen LogP contribution in [0.5, 0.6) is 0 Å². The van der Waals surface area contributed by atoms with Gasteiger partial charge >= 0.3 is 0 Å². The number of likely N-dealkylation sites (tertiary alicyclic amines) is 1. The molecule has 1 aromatic rings. The van der Waals surface area contributed by atoms with Gasteiger partial charge < -0.3 is 4.90 Å². The first-order chi connectivity index (χ1) is 8.18. The first kappa shape index (κ1) is 12.6. The molecule has 1 aliphatic heterocycles. The van der Waals surface area contributed by atoms with Crippen LogP contribution in [0.4, 0.5) is 4.39 Å². The lowest BCUT2D eigenvalue weighted by molar-refractivity contribution is 0.0757. The van der Waals surface area contributed by atoms with Gasteiger partial charge in [-0.2, -0.15) is 0 Å². The zero-order valence-corrected chi connectivity index (χ0v) is 11.2. The summed E-state index contributed by atoms with van der Waals surface area (Å²) in [6.07, 6.45) is 4.35. The Morgan fingerprint density at radius 1 is 1.18 bits per heavy atom. The lowest BCUT2D eigenvalue weighted by Gasteiger charge is -2.20. The SMILES string of the molecule is O=C(c1cc(Br)ccc1F)N1CCCCCC1. The third-order valence-electron chi connectivity index (χ3n) is 3.05. The molecule has 0 spiro atoms. The molecule has 1 fully saturated rings. The third kappa shape index (κ3) is 3.06. The Labute approximate surface area is 109 Å². The lowest BCUT2D eigenvalue weighted by Crippen LogP contribution is -2.32. The first-order valence-corrected chi connectivity index (χ1v) is 6.72. The highest BCUT2D eigenvalue weighted by Gasteiger charge is 2.20. The van der Waals surface area contributed by atoms with Gasteiger partial charge in [-0.15, -0.1) is 0 Å². The number of nitrogens with zero attached hydrogens (tertiary/aromatic N) is 1. The molecule has 1 heterocycles. The quantitative estimate of drug-likeness (QED) is 0.776. The van der Waals surface area contributed by atoms with Crippen molar-refractivity contribution in [1.29, 1.82) is 0 Å². The van der Waals surface area contributed by atoms with E-state index in [1.165, 1.54) is 6.07 Å². The number of amides is 1. The molecule has 2 rings (SSSR count). The standard InChI is InChI=1S/C13H15BrFNO/c14-10-5-6-12(15)11(9-10)13(17)16-7-3-1-2-4-8-16/h5-6,9H,1-4,7-8H2. The van der Waals surface area contributed by atoms with E-state index in [1.54, 1.807) is 17.0 Å². The Morgan fingerprint density at radius 3 is 2.47 bits per heavy atom. The normalized spacial score (nSPS) is 16.7. The molecule has 0 radical (unpaired) electrons. The van der Waals surface area contributed by atoms with E-state index in [4.69, 9.17) is 0 Å². The smallest absolute Gasteiger partial charge is 0.256 e. The second-order valence-electron chi connectivity index (χ2n) is 4.33. The number of rotatable bonds is 1. The van der Waals surface area contributed by atoms with Gasteiger partial charge in [-0.1, -0.05) is 28.8 Å². The van der Waals surface area contributed by atoms with E-state index in [9.17, 15) is 9.18 Å². The van der Waals surface area contributed by atoms with Crippen molar-refractivity contribution in [2.75, 3.05) is 13.1 Å². The highest BCUT2D eigenvalue weighted by atomic mass is 79.9. The first-order valence-electron chi connectivity index (χ1n) is 5.93. The van der Waals surface area contributed by atoms with Gasteiger partial charge in [0.1, 0.15) is 5.82 Å². The van der Waals surface area contributed by atoms with Crippen LogP contribution in [0.15, 0.2) is 22.7 Å². The number of carbonyl (C=O) groups is 1. The van der Waals surface area contributed by atoms with Crippen LogP contribution in [0.2, 0.25) is 0 Å². The van der Waals surface area contributed by atoms with E-state index in [2.05, 4.69) is 15.9 Å². The van der Waals surface area contributed by atoms with E-state index < -0.39 is 5.82 Å². The van der Waals surface area contributed by atoms with Crippen molar-refractivity contribution in [3.05, 3.63) is 34.1 Å². The zero-order chi connectivity index (χ0) is 12.3. The maximum Gasteiger partial charge on any atom is 0.256 e. The summed E-state index contributed by atoms with van der Waals surface area (Å²) in [6, 6.07) is 4.49. The Balaban J connectivity index is 2.20. The number of hydrogen-bond donors (Lipinski definition) is 0. The molecule has 0 unspecified atom stereocenters. The van der Waals surface area contributed by atoms with Gasteiger partial charge in [-0.05, 0) is 31.0 Å². The Morgan fingerprint density at radius 2 is 1.82 bits per heavy atom. The van der Waals surface area contributed by atoms with Crippen LogP contribution < -0.4 is 0 Å². The monoisotopic (exact) mass is 299 g/mol. The van der Waals surface area contributed by atoms with E-state index in [0.29, 0.717) is 0 Å². The fourth-order valence-corrected chi connectivity index (χ4v) is 2.47. The van der Waals surface area contributed by atoms with Gasteiger partial charge in [0.05, 0.1) is 5.56 Å². The highest BCUT2D eigenvalue weighted by Crippen LogP contribution is 2.19. The molecule has 0 N–H and O–H groups in total. The maximum atomic E-state index is 13.6. The van der Waals surface area contributed by atoms with E-state index in [-0.39, 0.29) is 11.5 Å². The molecule has 1 saturated heterocycles. The van der Waals surface area contributed by atoms with E-state index in [1.807, 2.05) is 0 Å². The summed E-state index contributed by atoms with van der Waals surface area (Å²) < 4.78 is 14.3. The summed E-state index contributed by atoms with van der Waals surface area (Å²) in [5.41, 5.74) is 0.168. The van der Waals surface area contributed by atoms with Crippen molar-refractivity contribution in [2.45, 2.75) is 25.7 Å². The summed E-state index contributed by atoms with van der Waals surface area (Å²) in [7, 11) is 0. The minimum atomic E-state index is -0.442. The van der Waals surface area contributed by atoms with Crippen molar-refractivity contribution in [2.24, 2.45) is 0 Å². The molecule has 4 heteroatoms. The molecule has 1 aromatic carbocycles. The zero-order valence-electron chi connectivity index (χ0n) is 9.59. The van der Waals surface area contributed by atoms with Crippen LogP contribution in [0.25, 0.3) is 0 Å². The maximum absolute atomic E-state index is 13.6. The summed E-state index contributed by atoms with van der Waals surface area (Å²) >= 11 is 3.27. The van der Waals surface area contributed by atoms with Crippen LogP contribution in [0.1, 0.15) is 36.0 Å². The average molecular weight is 300 g/mol. The number of halogens is 2. The molecular formula is C13H15BrFNO. The average Bonchev–Trinajstić information content (AvgIpc) is 2.60. The van der Waals surface area contributed by atoms with E-state index >= 15 is 0 Å². The molecule has 0 atom stereocenters. The van der Waals surface area contributed by atoms with E-state index in [0.717, 1.165) is 43.2 Å². The Hall–Kier alpha value is -0.900. The second kappa shape index (κ2) is 5.63. The highest BCUT2D eigenvalue weighted by molar-refractivity contribution is 9.10. The van der Waals surface area contributed by atoms with Gasteiger partial charge in [0.15, 0.2) is 0 Å². The fourth-order valence-electron chi connectivity index (χ4n) is 2.11. The summed E-state index contributed by atoms with van der Waals surface area (Å²) in [4.78, 5) is 14.0. The van der Waals surface area contributed by atoms with Crippen molar-refractivity contribution >= 4 is 21.8 Å². The summed E-state index contributed by atoms with van der Waals surface area (Å²) in [5.74, 6) is -0.631. The van der Waals surface area contributed by atoms with Crippen LogP contribution in [-0.2, 0) is 0 Å². The van der Waals surface area contributed by atoms with Crippen molar-refractivity contribution in [3.63, 3.8) is 0 Å². The molecule has 1 amide bonds.